The average Bonchev–Trinajstić information content (AvgIpc) is 2.45. The van der Waals surface area contributed by atoms with Crippen LogP contribution >= 0.6 is 0 Å². The summed E-state index contributed by atoms with van der Waals surface area (Å²) in [7, 11) is 0. The van der Waals surface area contributed by atoms with Gasteiger partial charge in [0.25, 0.3) is 0 Å². The Morgan fingerprint density at radius 2 is 2.25 bits per heavy atom. The van der Waals surface area contributed by atoms with Crippen LogP contribution in [0, 0.1) is 0 Å². The molecule has 1 N–H and O–H groups in total. The van der Waals surface area contributed by atoms with Gasteiger partial charge < -0.3 is 5.11 Å². The lowest BCUT2D eigenvalue weighted by molar-refractivity contribution is 0.202. The van der Waals surface area contributed by atoms with Crippen molar-refractivity contribution in [3.8, 4) is 0 Å². The summed E-state index contributed by atoms with van der Waals surface area (Å²) < 4.78 is 0. The smallest absolute Gasteiger partial charge is 0.0830 e. The molecule has 0 aromatic heterocycles. The normalized spacial score (nSPS) is 24.2. The van der Waals surface area contributed by atoms with Gasteiger partial charge in [-0.2, -0.15) is 0 Å². The first-order chi connectivity index (χ1) is 3.77. The fourth-order valence-corrected chi connectivity index (χ4v) is 0.632. The van der Waals surface area contributed by atoms with Crippen LogP contribution in [0.15, 0.2) is 12.2 Å². The Bertz CT molecular complexity index is 101. The molecule has 1 aliphatic rings. The molecule has 8 heavy (non-hydrogen) atoms. The highest BCUT2D eigenvalue weighted by Crippen LogP contribution is 2.36. The Labute approximate surface area is 50.0 Å². The molecule has 0 spiro atoms. The molecule has 0 aromatic rings. The van der Waals surface area contributed by atoms with Crippen LogP contribution in [-0.4, -0.2) is 10.7 Å². The third-order valence-corrected chi connectivity index (χ3v) is 1.43. The van der Waals surface area contributed by atoms with Crippen molar-refractivity contribution in [2.45, 2.75) is 31.8 Å². The highest BCUT2D eigenvalue weighted by molar-refractivity contribution is 5.10. The van der Waals surface area contributed by atoms with E-state index in [1.165, 1.54) is 0 Å². The molecular weight excluding hydrogens is 100 g/mol. The first-order valence-electron chi connectivity index (χ1n) is 3.17. The van der Waals surface area contributed by atoms with Crippen molar-refractivity contribution in [3.05, 3.63) is 12.2 Å². The van der Waals surface area contributed by atoms with E-state index in [1.807, 2.05) is 12.2 Å². The molecule has 0 amide bonds. The molecule has 0 heterocycles. The van der Waals surface area contributed by atoms with Crippen LogP contribution in [0.1, 0.15) is 26.2 Å². The topological polar surface area (TPSA) is 20.2 Å². The predicted molar refractivity (Wildman–Crippen MR) is 33.6 cm³/mol. The summed E-state index contributed by atoms with van der Waals surface area (Å²) in [5.41, 5.74) is -0.379. The van der Waals surface area contributed by atoms with E-state index < -0.39 is 0 Å². The number of hydrogen-bond donors (Lipinski definition) is 1. The molecular formula is C7H12O. The minimum atomic E-state index is -0.379. The van der Waals surface area contributed by atoms with E-state index in [2.05, 4.69) is 6.92 Å². The number of allylic oxidation sites excluding steroid dienone is 1. The van der Waals surface area contributed by atoms with Crippen LogP contribution in [0.3, 0.4) is 0 Å². The predicted octanol–water partition coefficient (Wildman–Crippen LogP) is 1.48. The summed E-state index contributed by atoms with van der Waals surface area (Å²) in [6, 6.07) is 0. The van der Waals surface area contributed by atoms with Gasteiger partial charge in [0, 0.05) is 0 Å². The summed E-state index contributed by atoms with van der Waals surface area (Å²) in [5.74, 6) is 0. The van der Waals surface area contributed by atoms with Crippen molar-refractivity contribution >= 4 is 0 Å². The van der Waals surface area contributed by atoms with E-state index in [-0.39, 0.29) is 5.60 Å². The summed E-state index contributed by atoms with van der Waals surface area (Å²) in [6.45, 7) is 2.07. The highest BCUT2D eigenvalue weighted by Gasteiger charge is 2.36. The summed E-state index contributed by atoms with van der Waals surface area (Å²) in [4.78, 5) is 0. The second-order valence-corrected chi connectivity index (χ2v) is 2.41. The Morgan fingerprint density at radius 1 is 1.62 bits per heavy atom. The van der Waals surface area contributed by atoms with Gasteiger partial charge in [0.05, 0.1) is 5.60 Å². The molecule has 0 aromatic carbocycles. The summed E-state index contributed by atoms with van der Waals surface area (Å²) >= 11 is 0. The van der Waals surface area contributed by atoms with Gasteiger partial charge in [-0.25, -0.2) is 0 Å². The van der Waals surface area contributed by atoms with Gasteiger partial charge in [-0.1, -0.05) is 19.1 Å². The molecule has 0 saturated heterocycles. The Morgan fingerprint density at radius 3 is 2.62 bits per heavy atom. The van der Waals surface area contributed by atoms with Gasteiger partial charge >= 0.3 is 0 Å². The maximum atomic E-state index is 9.17. The molecule has 0 atom stereocenters. The maximum Gasteiger partial charge on any atom is 0.0830 e. The van der Waals surface area contributed by atoms with Crippen LogP contribution in [-0.2, 0) is 0 Å². The van der Waals surface area contributed by atoms with Gasteiger partial charge in [-0.05, 0) is 19.3 Å². The zero-order valence-electron chi connectivity index (χ0n) is 5.22. The van der Waals surface area contributed by atoms with Crippen LogP contribution < -0.4 is 0 Å². The molecule has 1 fully saturated rings. The molecule has 1 heteroatoms. The molecule has 0 radical (unpaired) electrons. The fraction of sp³-hybridized carbons (Fsp3) is 0.714. The summed E-state index contributed by atoms with van der Waals surface area (Å²) in [5, 5.41) is 9.17. The Balaban J connectivity index is 2.27. The van der Waals surface area contributed by atoms with Crippen LogP contribution in [0.5, 0.6) is 0 Å². The standard InChI is InChI=1S/C7H12O/c1-2-3-4-7(8)5-6-7/h3-4,8H,2,5-6H2,1H3/b4-3+. The van der Waals surface area contributed by atoms with Crippen molar-refractivity contribution in [1.29, 1.82) is 0 Å². The van der Waals surface area contributed by atoms with Crippen LogP contribution in [0.25, 0.3) is 0 Å². The highest BCUT2D eigenvalue weighted by atomic mass is 16.3. The monoisotopic (exact) mass is 112 g/mol. The Hall–Kier alpha value is -0.300. The molecule has 0 bridgehead atoms. The van der Waals surface area contributed by atoms with E-state index in [4.69, 9.17) is 0 Å². The van der Waals surface area contributed by atoms with E-state index in [0.29, 0.717) is 0 Å². The van der Waals surface area contributed by atoms with Gasteiger partial charge in [0.2, 0.25) is 0 Å². The lowest BCUT2D eigenvalue weighted by atomic mass is 10.3. The maximum absolute atomic E-state index is 9.17. The molecule has 1 rings (SSSR count). The molecule has 0 aliphatic heterocycles. The van der Waals surface area contributed by atoms with Gasteiger partial charge in [-0.15, -0.1) is 0 Å². The van der Waals surface area contributed by atoms with Crippen molar-refractivity contribution in [2.75, 3.05) is 0 Å². The van der Waals surface area contributed by atoms with Gasteiger partial charge in [0.15, 0.2) is 0 Å². The lowest BCUT2D eigenvalue weighted by Crippen LogP contribution is -1.98. The van der Waals surface area contributed by atoms with Gasteiger partial charge in [-0.3, -0.25) is 0 Å². The van der Waals surface area contributed by atoms with Crippen molar-refractivity contribution in [2.24, 2.45) is 0 Å². The molecule has 1 saturated carbocycles. The lowest BCUT2D eigenvalue weighted by Gasteiger charge is -1.94. The fourth-order valence-electron chi connectivity index (χ4n) is 0.632. The summed E-state index contributed by atoms with van der Waals surface area (Å²) in [6.07, 6.45) is 6.88. The van der Waals surface area contributed by atoms with Gasteiger partial charge in [0.1, 0.15) is 0 Å². The average molecular weight is 112 g/mol. The van der Waals surface area contributed by atoms with E-state index in [0.717, 1.165) is 19.3 Å². The third-order valence-electron chi connectivity index (χ3n) is 1.43. The van der Waals surface area contributed by atoms with Crippen LogP contribution in [0.2, 0.25) is 0 Å². The first-order valence-corrected chi connectivity index (χ1v) is 3.17. The van der Waals surface area contributed by atoms with E-state index >= 15 is 0 Å². The zero-order chi connectivity index (χ0) is 6.04. The number of rotatable bonds is 2. The van der Waals surface area contributed by atoms with Crippen molar-refractivity contribution in [3.63, 3.8) is 0 Å². The number of hydrogen-bond acceptors (Lipinski definition) is 1. The second kappa shape index (κ2) is 1.90. The molecule has 46 valence electrons. The first kappa shape index (κ1) is 5.83. The third kappa shape index (κ3) is 1.34. The van der Waals surface area contributed by atoms with Crippen LogP contribution in [0.4, 0.5) is 0 Å². The molecule has 1 nitrogen and oxygen atoms in total. The second-order valence-electron chi connectivity index (χ2n) is 2.41. The zero-order valence-corrected chi connectivity index (χ0v) is 5.22. The van der Waals surface area contributed by atoms with E-state index in [1.54, 1.807) is 0 Å². The molecule has 1 aliphatic carbocycles. The van der Waals surface area contributed by atoms with E-state index in [9.17, 15) is 5.11 Å². The van der Waals surface area contributed by atoms with Crippen molar-refractivity contribution in [1.82, 2.24) is 0 Å². The molecule has 0 unspecified atom stereocenters. The quantitative estimate of drug-likeness (QED) is 0.536. The minimum absolute atomic E-state index is 0.379. The SMILES string of the molecule is CC/C=C/C1(O)CC1. The van der Waals surface area contributed by atoms with Crippen molar-refractivity contribution < 1.29 is 5.11 Å². The largest absolute Gasteiger partial charge is 0.386 e. The minimum Gasteiger partial charge on any atom is -0.386 e. The number of aliphatic hydroxyl groups is 1. The Kier molecular flexibility index (Phi) is 1.39.